The maximum absolute atomic E-state index is 12.4. The summed E-state index contributed by atoms with van der Waals surface area (Å²) in [6.45, 7) is 0.997. The van der Waals surface area contributed by atoms with E-state index in [1.54, 1.807) is 0 Å². The standard InChI is InChI=1S/C8H5BrF5N/c1-3-4(8(12,13)14)2-15-6(9)5(3)7(10)11/h2,7H,1H3. The highest BCUT2D eigenvalue weighted by atomic mass is 79.9. The molecule has 1 aromatic heterocycles. The second kappa shape index (κ2) is 4.03. The molecule has 0 fully saturated rings. The van der Waals surface area contributed by atoms with Crippen molar-refractivity contribution in [2.24, 2.45) is 0 Å². The number of aromatic nitrogens is 1. The third-order valence-electron chi connectivity index (χ3n) is 1.86. The van der Waals surface area contributed by atoms with E-state index in [4.69, 9.17) is 0 Å². The summed E-state index contributed by atoms with van der Waals surface area (Å²) in [5, 5.41) is 0. The average Bonchev–Trinajstić information content (AvgIpc) is 2.00. The summed E-state index contributed by atoms with van der Waals surface area (Å²) < 4.78 is 61.5. The van der Waals surface area contributed by atoms with Crippen LogP contribution in [0.5, 0.6) is 0 Å². The third kappa shape index (κ3) is 2.45. The minimum Gasteiger partial charge on any atom is -0.248 e. The molecule has 0 saturated carbocycles. The summed E-state index contributed by atoms with van der Waals surface area (Å²) in [6, 6.07) is 0. The SMILES string of the molecule is Cc1c(C(F)(F)F)cnc(Br)c1C(F)F. The molecular weight excluding hydrogens is 285 g/mol. The first-order chi connectivity index (χ1) is 6.75. The van der Waals surface area contributed by atoms with Gasteiger partial charge in [-0.15, -0.1) is 0 Å². The molecule has 0 aliphatic rings. The number of alkyl halides is 5. The zero-order chi connectivity index (χ0) is 11.8. The molecule has 1 aromatic rings. The summed E-state index contributed by atoms with van der Waals surface area (Å²) in [5.74, 6) is 0. The second-order valence-corrected chi connectivity index (χ2v) is 3.55. The lowest BCUT2D eigenvalue weighted by atomic mass is 10.1. The zero-order valence-electron chi connectivity index (χ0n) is 7.37. The maximum atomic E-state index is 12.4. The van der Waals surface area contributed by atoms with Crippen molar-refractivity contribution in [3.8, 4) is 0 Å². The lowest BCUT2D eigenvalue weighted by Crippen LogP contribution is -2.11. The van der Waals surface area contributed by atoms with Crippen LogP contribution in [0.3, 0.4) is 0 Å². The molecule has 0 aliphatic carbocycles. The Balaban J connectivity index is 3.42. The third-order valence-corrected chi connectivity index (χ3v) is 2.49. The van der Waals surface area contributed by atoms with Gasteiger partial charge in [0.15, 0.2) is 0 Å². The van der Waals surface area contributed by atoms with Gasteiger partial charge in [-0.2, -0.15) is 13.2 Å². The molecule has 0 N–H and O–H groups in total. The van der Waals surface area contributed by atoms with Crippen molar-refractivity contribution in [2.45, 2.75) is 19.5 Å². The van der Waals surface area contributed by atoms with Crippen molar-refractivity contribution in [3.05, 3.63) is 27.5 Å². The minimum atomic E-state index is -4.67. The van der Waals surface area contributed by atoms with Gasteiger partial charge in [0.2, 0.25) is 0 Å². The van der Waals surface area contributed by atoms with Gasteiger partial charge in [0.1, 0.15) is 4.60 Å². The molecule has 0 amide bonds. The molecular formula is C8H5BrF5N. The molecule has 0 spiro atoms. The molecule has 84 valence electrons. The van der Waals surface area contributed by atoms with E-state index >= 15 is 0 Å². The van der Waals surface area contributed by atoms with Crippen molar-refractivity contribution in [1.29, 1.82) is 0 Å². The van der Waals surface area contributed by atoms with E-state index in [-0.39, 0.29) is 4.60 Å². The second-order valence-electron chi connectivity index (χ2n) is 2.80. The van der Waals surface area contributed by atoms with E-state index in [2.05, 4.69) is 20.9 Å². The molecule has 1 nitrogen and oxygen atoms in total. The van der Waals surface area contributed by atoms with E-state index in [0.29, 0.717) is 6.20 Å². The Bertz CT molecular complexity index is 374. The quantitative estimate of drug-likeness (QED) is 0.560. The van der Waals surface area contributed by atoms with Gasteiger partial charge in [-0.1, -0.05) is 0 Å². The summed E-state index contributed by atoms with van der Waals surface area (Å²) in [7, 11) is 0. The number of hydrogen-bond donors (Lipinski definition) is 0. The normalized spacial score (nSPS) is 12.3. The first-order valence-electron chi connectivity index (χ1n) is 3.75. The Morgan fingerprint density at radius 2 is 1.87 bits per heavy atom. The van der Waals surface area contributed by atoms with Gasteiger partial charge < -0.3 is 0 Å². The predicted molar refractivity (Wildman–Crippen MR) is 46.6 cm³/mol. The van der Waals surface area contributed by atoms with E-state index in [1.165, 1.54) is 0 Å². The number of pyridine rings is 1. The van der Waals surface area contributed by atoms with Gasteiger partial charge in [0.05, 0.1) is 11.1 Å². The summed E-state index contributed by atoms with van der Waals surface area (Å²) >= 11 is 2.69. The monoisotopic (exact) mass is 289 g/mol. The van der Waals surface area contributed by atoms with E-state index in [1.807, 2.05) is 0 Å². The summed E-state index contributed by atoms with van der Waals surface area (Å²) in [6.07, 6.45) is -7.12. The van der Waals surface area contributed by atoms with Crippen molar-refractivity contribution >= 4 is 15.9 Å². The number of hydrogen-bond acceptors (Lipinski definition) is 1. The van der Waals surface area contributed by atoms with Crippen LogP contribution in [0.4, 0.5) is 22.0 Å². The Hall–Kier alpha value is -0.720. The van der Waals surface area contributed by atoms with Crippen molar-refractivity contribution in [1.82, 2.24) is 4.98 Å². The molecule has 0 unspecified atom stereocenters. The van der Waals surface area contributed by atoms with Crippen LogP contribution in [0.1, 0.15) is 23.1 Å². The Morgan fingerprint density at radius 1 is 1.33 bits per heavy atom. The first-order valence-corrected chi connectivity index (χ1v) is 4.54. The molecule has 1 rings (SSSR count). The van der Waals surface area contributed by atoms with Crippen molar-refractivity contribution < 1.29 is 22.0 Å². The van der Waals surface area contributed by atoms with Gasteiger partial charge in [-0.3, -0.25) is 0 Å². The Labute approximate surface area is 90.4 Å². The zero-order valence-corrected chi connectivity index (χ0v) is 8.96. The molecule has 0 aliphatic heterocycles. The molecule has 0 aromatic carbocycles. The fourth-order valence-electron chi connectivity index (χ4n) is 1.13. The molecule has 0 bridgehead atoms. The van der Waals surface area contributed by atoms with Crippen LogP contribution < -0.4 is 0 Å². The van der Waals surface area contributed by atoms with Gasteiger partial charge >= 0.3 is 6.18 Å². The number of halogens is 6. The molecule has 7 heteroatoms. The van der Waals surface area contributed by atoms with Gasteiger partial charge in [0, 0.05) is 6.20 Å². The van der Waals surface area contributed by atoms with Gasteiger partial charge in [0.25, 0.3) is 6.43 Å². The highest BCUT2D eigenvalue weighted by Gasteiger charge is 2.35. The Morgan fingerprint density at radius 3 is 2.27 bits per heavy atom. The highest BCUT2D eigenvalue weighted by Crippen LogP contribution is 2.37. The lowest BCUT2D eigenvalue weighted by Gasteiger charge is -2.13. The fourth-order valence-corrected chi connectivity index (χ4v) is 1.70. The summed E-state index contributed by atoms with van der Waals surface area (Å²) in [5.41, 5.74) is -2.36. The smallest absolute Gasteiger partial charge is 0.248 e. The molecule has 0 radical (unpaired) electrons. The molecule has 15 heavy (non-hydrogen) atoms. The molecule has 0 saturated heterocycles. The largest absolute Gasteiger partial charge is 0.418 e. The van der Waals surface area contributed by atoms with Crippen LogP contribution in [0.15, 0.2) is 10.8 Å². The van der Waals surface area contributed by atoms with Crippen LogP contribution in [-0.2, 0) is 6.18 Å². The van der Waals surface area contributed by atoms with Crippen LogP contribution in [0.25, 0.3) is 0 Å². The van der Waals surface area contributed by atoms with E-state index in [0.717, 1.165) is 6.92 Å². The minimum absolute atomic E-state index is 0.261. The number of nitrogens with zero attached hydrogens (tertiary/aromatic N) is 1. The van der Waals surface area contributed by atoms with Crippen LogP contribution in [-0.4, -0.2) is 4.98 Å². The maximum Gasteiger partial charge on any atom is 0.418 e. The average molecular weight is 290 g/mol. The predicted octanol–water partition coefficient (Wildman–Crippen LogP) is 4.11. The van der Waals surface area contributed by atoms with Crippen molar-refractivity contribution in [3.63, 3.8) is 0 Å². The topological polar surface area (TPSA) is 12.9 Å². The Kier molecular flexibility index (Phi) is 3.32. The first kappa shape index (κ1) is 12.4. The van der Waals surface area contributed by atoms with Crippen LogP contribution in [0, 0.1) is 6.92 Å². The molecule has 0 atom stereocenters. The highest BCUT2D eigenvalue weighted by molar-refractivity contribution is 9.10. The van der Waals surface area contributed by atoms with Crippen molar-refractivity contribution in [2.75, 3.05) is 0 Å². The molecule has 1 heterocycles. The van der Waals surface area contributed by atoms with Gasteiger partial charge in [-0.05, 0) is 28.4 Å². The van der Waals surface area contributed by atoms with E-state index < -0.39 is 29.3 Å². The van der Waals surface area contributed by atoms with Crippen LogP contribution >= 0.6 is 15.9 Å². The number of rotatable bonds is 1. The lowest BCUT2D eigenvalue weighted by molar-refractivity contribution is -0.138. The summed E-state index contributed by atoms with van der Waals surface area (Å²) in [4.78, 5) is 3.24. The van der Waals surface area contributed by atoms with E-state index in [9.17, 15) is 22.0 Å². The fraction of sp³-hybridized carbons (Fsp3) is 0.375. The van der Waals surface area contributed by atoms with Crippen LogP contribution in [0.2, 0.25) is 0 Å². The van der Waals surface area contributed by atoms with Gasteiger partial charge in [-0.25, -0.2) is 13.8 Å².